The van der Waals surface area contributed by atoms with Gasteiger partial charge in [0.25, 0.3) is 0 Å². The van der Waals surface area contributed by atoms with Gasteiger partial charge in [-0.05, 0) is 49.9 Å². The molecule has 0 fully saturated rings. The van der Waals surface area contributed by atoms with Gasteiger partial charge in [0.15, 0.2) is 0 Å². The highest BCUT2D eigenvalue weighted by atomic mass is 79.9. The Balaban J connectivity index is 2.71. The normalized spacial score (nSPS) is 12.4. The Morgan fingerprint density at radius 1 is 1.25 bits per heavy atom. The lowest BCUT2D eigenvalue weighted by molar-refractivity contribution is 0.130. The van der Waals surface area contributed by atoms with E-state index in [9.17, 15) is 0 Å². The zero-order valence-electron chi connectivity index (χ0n) is 12.7. The van der Waals surface area contributed by atoms with Crippen molar-refractivity contribution < 1.29 is 9.47 Å². The van der Waals surface area contributed by atoms with E-state index < -0.39 is 0 Å². The molecule has 1 rings (SSSR count). The smallest absolute Gasteiger partial charge is 0.125 e. The Morgan fingerprint density at radius 2 is 2.00 bits per heavy atom. The molecule has 1 atom stereocenters. The highest BCUT2D eigenvalue weighted by Gasteiger charge is 2.12. The topological polar surface area (TPSA) is 44.5 Å². The number of hydrogen-bond donors (Lipinski definition) is 1. The van der Waals surface area contributed by atoms with Gasteiger partial charge in [0.05, 0.1) is 6.61 Å². The van der Waals surface area contributed by atoms with E-state index in [1.807, 2.05) is 6.92 Å². The van der Waals surface area contributed by atoms with Gasteiger partial charge in [0.2, 0.25) is 0 Å². The molecule has 4 heteroatoms. The van der Waals surface area contributed by atoms with Crippen molar-refractivity contribution in [1.29, 1.82) is 0 Å². The molecule has 1 aromatic rings. The van der Waals surface area contributed by atoms with Gasteiger partial charge in [-0.25, -0.2) is 0 Å². The number of nitrogens with two attached hydrogens (primary N) is 1. The number of aryl methyl sites for hydroxylation is 1. The molecule has 114 valence electrons. The van der Waals surface area contributed by atoms with Gasteiger partial charge in [-0.2, -0.15) is 0 Å². The summed E-state index contributed by atoms with van der Waals surface area (Å²) in [7, 11) is 0. The van der Waals surface area contributed by atoms with Gasteiger partial charge in [0.1, 0.15) is 5.75 Å². The minimum absolute atomic E-state index is 0.175. The van der Waals surface area contributed by atoms with E-state index >= 15 is 0 Å². The van der Waals surface area contributed by atoms with E-state index in [4.69, 9.17) is 15.2 Å². The van der Waals surface area contributed by atoms with E-state index in [1.165, 1.54) is 5.56 Å². The molecule has 2 N–H and O–H groups in total. The molecule has 0 aromatic heterocycles. The predicted molar refractivity (Wildman–Crippen MR) is 87.5 cm³/mol. The third kappa shape index (κ3) is 5.81. The highest BCUT2D eigenvalue weighted by Crippen LogP contribution is 2.29. The second-order valence-corrected chi connectivity index (χ2v) is 5.90. The van der Waals surface area contributed by atoms with Crippen molar-refractivity contribution in [1.82, 2.24) is 0 Å². The first kappa shape index (κ1) is 17.5. The Hall–Kier alpha value is -0.580. The number of rotatable bonds is 9. The SMILES string of the molecule is CCOCCCOc1c(C)cc(Br)cc1CC(N)CC. The van der Waals surface area contributed by atoms with Crippen molar-refractivity contribution in [3.63, 3.8) is 0 Å². The summed E-state index contributed by atoms with van der Waals surface area (Å²) in [4.78, 5) is 0. The summed E-state index contributed by atoms with van der Waals surface area (Å²) in [6.07, 6.45) is 2.72. The average Bonchev–Trinajstić information content (AvgIpc) is 2.40. The molecule has 0 aliphatic rings. The second-order valence-electron chi connectivity index (χ2n) is 4.98. The fourth-order valence-electron chi connectivity index (χ4n) is 2.06. The maximum absolute atomic E-state index is 6.08. The van der Waals surface area contributed by atoms with Gasteiger partial charge < -0.3 is 15.2 Å². The fraction of sp³-hybridized carbons (Fsp3) is 0.625. The molecule has 0 saturated heterocycles. The molecule has 20 heavy (non-hydrogen) atoms. The van der Waals surface area contributed by atoms with Crippen LogP contribution in [0.3, 0.4) is 0 Å². The molecular weight excluding hydrogens is 318 g/mol. The van der Waals surface area contributed by atoms with Crippen LogP contribution in [0.15, 0.2) is 16.6 Å². The van der Waals surface area contributed by atoms with Crippen molar-refractivity contribution in [2.75, 3.05) is 19.8 Å². The van der Waals surface area contributed by atoms with Gasteiger partial charge in [-0.3, -0.25) is 0 Å². The quantitative estimate of drug-likeness (QED) is 0.692. The Kier molecular flexibility index (Phi) is 8.19. The van der Waals surface area contributed by atoms with E-state index in [0.717, 1.165) is 48.3 Å². The first-order valence-corrected chi connectivity index (χ1v) is 8.12. The van der Waals surface area contributed by atoms with Crippen LogP contribution in [0.2, 0.25) is 0 Å². The van der Waals surface area contributed by atoms with Crippen LogP contribution < -0.4 is 10.5 Å². The maximum Gasteiger partial charge on any atom is 0.125 e. The molecule has 0 bridgehead atoms. The second kappa shape index (κ2) is 9.37. The molecule has 0 spiro atoms. The zero-order valence-corrected chi connectivity index (χ0v) is 14.3. The van der Waals surface area contributed by atoms with E-state index in [0.29, 0.717) is 6.61 Å². The molecule has 0 aliphatic heterocycles. The van der Waals surface area contributed by atoms with Crippen LogP contribution >= 0.6 is 15.9 Å². The van der Waals surface area contributed by atoms with Gasteiger partial charge >= 0.3 is 0 Å². The average molecular weight is 344 g/mol. The molecule has 0 amide bonds. The minimum Gasteiger partial charge on any atom is -0.493 e. The van der Waals surface area contributed by atoms with Crippen LogP contribution in [0.5, 0.6) is 5.75 Å². The third-order valence-electron chi connectivity index (χ3n) is 3.21. The highest BCUT2D eigenvalue weighted by molar-refractivity contribution is 9.10. The van der Waals surface area contributed by atoms with Crippen molar-refractivity contribution in [3.8, 4) is 5.75 Å². The lowest BCUT2D eigenvalue weighted by Crippen LogP contribution is -2.22. The molecule has 0 heterocycles. The predicted octanol–water partition coefficient (Wildman–Crippen LogP) is 3.84. The summed E-state index contributed by atoms with van der Waals surface area (Å²) in [6, 6.07) is 4.37. The number of benzene rings is 1. The largest absolute Gasteiger partial charge is 0.493 e. The summed E-state index contributed by atoms with van der Waals surface area (Å²) in [5.74, 6) is 0.980. The van der Waals surface area contributed by atoms with Crippen LogP contribution in [0, 0.1) is 6.92 Å². The van der Waals surface area contributed by atoms with E-state index in [2.05, 4.69) is 41.9 Å². The zero-order chi connectivity index (χ0) is 15.0. The summed E-state index contributed by atoms with van der Waals surface area (Å²) in [5.41, 5.74) is 8.41. The van der Waals surface area contributed by atoms with Gasteiger partial charge in [0, 0.05) is 30.1 Å². The van der Waals surface area contributed by atoms with Crippen LogP contribution in [0.25, 0.3) is 0 Å². The lowest BCUT2D eigenvalue weighted by atomic mass is 10.0. The first-order valence-electron chi connectivity index (χ1n) is 7.33. The summed E-state index contributed by atoms with van der Waals surface area (Å²) in [6.45, 7) is 8.37. The Bertz CT molecular complexity index is 410. The third-order valence-corrected chi connectivity index (χ3v) is 3.66. The molecule has 0 aliphatic carbocycles. The van der Waals surface area contributed by atoms with Crippen LogP contribution in [0.4, 0.5) is 0 Å². The molecule has 3 nitrogen and oxygen atoms in total. The van der Waals surface area contributed by atoms with E-state index in [-0.39, 0.29) is 6.04 Å². The standard InChI is InChI=1S/C16H26BrNO2/c1-4-15(18)11-13-10-14(17)9-12(3)16(13)20-8-6-7-19-5-2/h9-10,15H,4-8,11,18H2,1-3H3. The lowest BCUT2D eigenvalue weighted by Gasteiger charge is -2.17. The van der Waals surface area contributed by atoms with Crippen LogP contribution in [-0.2, 0) is 11.2 Å². The minimum atomic E-state index is 0.175. The van der Waals surface area contributed by atoms with Gasteiger partial charge in [-0.15, -0.1) is 0 Å². The molecule has 1 aromatic carbocycles. The summed E-state index contributed by atoms with van der Waals surface area (Å²) in [5, 5.41) is 0. The number of ether oxygens (including phenoxy) is 2. The number of hydrogen-bond acceptors (Lipinski definition) is 3. The van der Waals surface area contributed by atoms with Crippen molar-refractivity contribution in [2.24, 2.45) is 5.73 Å². The first-order chi connectivity index (χ1) is 9.58. The van der Waals surface area contributed by atoms with Crippen LogP contribution in [-0.4, -0.2) is 25.9 Å². The monoisotopic (exact) mass is 343 g/mol. The van der Waals surface area contributed by atoms with Crippen molar-refractivity contribution in [3.05, 3.63) is 27.7 Å². The molecule has 0 radical (unpaired) electrons. The number of halogens is 1. The maximum atomic E-state index is 6.08. The molecule has 1 unspecified atom stereocenters. The van der Waals surface area contributed by atoms with Crippen LogP contribution in [0.1, 0.15) is 37.8 Å². The summed E-state index contributed by atoms with van der Waals surface area (Å²) >= 11 is 3.54. The Labute approximate surface area is 131 Å². The fourth-order valence-corrected chi connectivity index (χ4v) is 2.68. The summed E-state index contributed by atoms with van der Waals surface area (Å²) < 4.78 is 12.4. The van der Waals surface area contributed by atoms with Gasteiger partial charge in [-0.1, -0.05) is 22.9 Å². The van der Waals surface area contributed by atoms with Crippen molar-refractivity contribution in [2.45, 2.75) is 46.1 Å². The molecule has 0 saturated carbocycles. The van der Waals surface area contributed by atoms with E-state index in [1.54, 1.807) is 0 Å². The van der Waals surface area contributed by atoms with Crippen molar-refractivity contribution >= 4 is 15.9 Å². The molecular formula is C16H26BrNO2. The Morgan fingerprint density at radius 3 is 2.65 bits per heavy atom.